The fraction of sp³-hybridized carbons (Fsp3) is 0.333. The van der Waals surface area contributed by atoms with Gasteiger partial charge in [0, 0.05) is 36.9 Å². The number of hydrogen-bond donors (Lipinski definition) is 0. The van der Waals surface area contributed by atoms with E-state index >= 15 is 0 Å². The minimum absolute atomic E-state index is 0.413. The first kappa shape index (κ1) is 14.7. The van der Waals surface area contributed by atoms with Gasteiger partial charge in [-0.15, -0.1) is 22.7 Å². The molecule has 0 saturated heterocycles. The van der Waals surface area contributed by atoms with E-state index in [1.54, 1.807) is 36.8 Å². The van der Waals surface area contributed by atoms with E-state index in [1.807, 2.05) is 35.0 Å². The minimum atomic E-state index is -3.41. The molecule has 0 aromatic carbocycles. The lowest BCUT2D eigenvalue weighted by molar-refractivity contribution is 0.369. The van der Waals surface area contributed by atoms with Gasteiger partial charge in [0.15, 0.2) is 0 Å². The van der Waals surface area contributed by atoms with Crippen molar-refractivity contribution >= 4 is 32.9 Å². The van der Waals surface area contributed by atoms with E-state index in [2.05, 4.69) is 0 Å². The van der Waals surface area contributed by atoms with E-state index in [9.17, 15) is 8.42 Å². The predicted molar refractivity (Wildman–Crippen MR) is 80.5 cm³/mol. The summed E-state index contributed by atoms with van der Waals surface area (Å²) in [7, 11) is -0.290. The smallest absolute Gasteiger partial charge is 0.195 e. The van der Waals surface area contributed by atoms with Gasteiger partial charge in [0.1, 0.15) is 0 Å². The van der Waals surface area contributed by atoms with Gasteiger partial charge in [-0.1, -0.05) is 12.1 Å². The molecule has 0 aliphatic carbocycles. The Morgan fingerprint density at radius 3 is 1.79 bits per heavy atom. The van der Waals surface area contributed by atoms with Crippen LogP contribution in [0.3, 0.4) is 0 Å². The molecule has 0 bridgehead atoms. The van der Waals surface area contributed by atoms with Crippen LogP contribution in [-0.4, -0.2) is 31.1 Å². The van der Waals surface area contributed by atoms with Gasteiger partial charge in [0.2, 0.25) is 0 Å². The highest BCUT2D eigenvalue weighted by atomic mass is 32.2. The molecule has 7 heteroatoms. The summed E-state index contributed by atoms with van der Waals surface area (Å²) in [6.45, 7) is 0.826. The molecule has 0 atom stereocenters. The van der Waals surface area contributed by atoms with E-state index < -0.39 is 10.2 Å². The van der Waals surface area contributed by atoms with Gasteiger partial charge in [0.05, 0.1) is 0 Å². The van der Waals surface area contributed by atoms with Gasteiger partial charge < -0.3 is 0 Å². The van der Waals surface area contributed by atoms with Crippen molar-refractivity contribution in [1.29, 1.82) is 0 Å². The summed E-state index contributed by atoms with van der Waals surface area (Å²) in [6, 6.07) is 7.78. The zero-order valence-electron chi connectivity index (χ0n) is 10.8. The van der Waals surface area contributed by atoms with E-state index in [0.29, 0.717) is 13.1 Å². The normalized spacial score (nSPS) is 12.4. The molecule has 0 aliphatic heterocycles. The summed E-state index contributed by atoms with van der Waals surface area (Å²) in [5.74, 6) is 0. The molecule has 2 heterocycles. The highest BCUT2D eigenvalue weighted by Crippen LogP contribution is 2.20. The lowest BCUT2D eigenvalue weighted by atomic mass is 10.4. The Bertz CT molecular complexity index is 553. The standard InChI is InChI=1S/C12H16N2O2S3/c1-13(2)19(15,16)14(9-11-5-3-7-17-11)10-12-6-4-8-18-12/h3-8H,9-10H2,1-2H3. The van der Waals surface area contributed by atoms with Gasteiger partial charge in [-0.05, 0) is 22.9 Å². The highest BCUT2D eigenvalue weighted by Gasteiger charge is 2.25. The fourth-order valence-electron chi connectivity index (χ4n) is 1.60. The van der Waals surface area contributed by atoms with Crippen molar-refractivity contribution in [2.75, 3.05) is 14.1 Å². The van der Waals surface area contributed by atoms with E-state index in [0.717, 1.165) is 9.75 Å². The van der Waals surface area contributed by atoms with E-state index in [-0.39, 0.29) is 0 Å². The molecule has 2 aromatic heterocycles. The summed E-state index contributed by atoms with van der Waals surface area (Å²) in [5.41, 5.74) is 0. The second-order valence-corrected chi connectivity index (χ2v) is 8.42. The van der Waals surface area contributed by atoms with Crippen molar-refractivity contribution in [3.05, 3.63) is 44.8 Å². The van der Waals surface area contributed by atoms with Crippen LogP contribution in [0.1, 0.15) is 9.75 Å². The average Bonchev–Trinajstić information content (AvgIpc) is 3.00. The number of hydrogen-bond acceptors (Lipinski definition) is 4. The van der Waals surface area contributed by atoms with Crippen molar-refractivity contribution in [2.45, 2.75) is 13.1 Å². The maximum absolute atomic E-state index is 12.3. The second-order valence-electron chi connectivity index (χ2n) is 4.22. The quantitative estimate of drug-likeness (QED) is 0.822. The van der Waals surface area contributed by atoms with Crippen LogP contribution in [0.2, 0.25) is 0 Å². The molecule has 4 nitrogen and oxygen atoms in total. The van der Waals surface area contributed by atoms with Crippen molar-refractivity contribution in [3.63, 3.8) is 0 Å². The molecular weight excluding hydrogens is 300 g/mol. The van der Waals surface area contributed by atoms with Gasteiger partial charge in [0.25, 0.3) is 10.2 Å². The first-order chi connectivity index (χ1) is 9.00. The maximum atomic E-state index is 12.3. The monoisotopic (exact) mass is 316 g/mol. The lowest BCUT2D eigenvalue weighted by Crippen LogP contribution is -2.38. The largest absolute Gasteiger partial charge is 0.282 e. The van der Waals surface area contributed by atoms with Crippen LogP contribution in [-0.2, 0) is 23.3 Å². The van der Waals surface area contributed by atoms with E-state index in [1.165, 1.54) is 8.61 Å². The summed E-state index contributed by atoms with van der Waals surface area (Å²) in [5, 5.41) is 3.92. The van der Waals surface area contributed by atoms with Crippen molar-refractivity contribution in [1.82, 2.24) is 8.61 Å². The molecule has 104 valence electrons. The van der Waals surface area contributed by atoms with Gasteiger partial charge in [-0.3, -0.25) is 0 Å². The molecule has 0 fully saturated rings. The van der Waals surface area contributed by atoms with Crippen LogP contribution < -0.4 is 0 Å². The molecule has 0 amide bonds. The maximum Gasteiger partial charge on any atom is 0.282 e. The zero-order chi connectivity index (χ0) is 13.9. The summed E-state index contributed by atoms with van der Waals surface area (Å²) >= 11 is 3.14. The molecule has 0 saturated carbocycles. The average molecular weight is 316 g/mol. The van der Waals surface area contributed by atoms with Crippen LogP contribution in [0.15, 0.2) is 35.0 Å². The molecule has 0 N–H and O–H groups in total. The molecule has 0 aliphatic rings. The molecular formula is C12H16N2O2S3. The molecule has 2 aromatic rings. The first-order valence-corrected chi connectivity index (χ1v) is 8.88. The SMILES string of the molecule is CN(C)S(=O)(=O)N(Cc1cccs1)Cc1cccs1. The number of rotatable bonds is 6. The van der Waals surface area contributed by atoms with Gasteiger partial charge in [-0.25, -0.2) is 0 Å². The van der Waals surface area contributed by atoms with Crippen molar-refractivity contribution in [2.24, 2.45) is 0 Å². The molecule has 0 unspecified atom stereocenters. The minimum Gasteiger partial charge on any atom is -0.195 e. The Balaban J connectivity index is 2.23. The lowest BCUT2D eigenvalue weighted by Gasteiger charge is -2.24. The topological polar surface area (TPSA) is 40.6 Å². The van der Waals surface area contributed by atoms with Crippen LogP contribution in [0.25, 0.3) is 0 Å². The number of thiophene rings is 2. The summed E-state index contributed by atoms with van der Waals surface area (Å²) in [4.78, 5) is 2.09. The third kappa shape index (κ3) is 3.64. The molecule has 0 radical (unpaired) electrons. The molecule has 2 rings (SSSR count). The third-order valence-corrected chi connectivity index (χ3v) is 6.17. The molecule has 19 heavy (non-hydrogen) atoms. The summed E-state index contributed by atoms with van der Waals surface area (Å²) in [6.07, 6.45) is 0. The Morgan fingerprint density at radius 2 is 1.47 bits per heavy atom. The van der Waals surface area contributed by atoms with Crippen molar-refractivity contribution < 1.29 is 8.42 Å². The Labute approximate surface area is 122 Å². The number of nitrogens with zero attached hydrogens (tertiary/aromatic N) is 2. The van der Waals surface area contributed by atoms with E-state index in [4.69, 9.17) is 0 Å². The Morgan fingerprint density at radius 1 is 1.00 bits per heavy atom. The highest BCUT2D eigenvalue weighted by molar-refractivity contribution is 7.86. The van der Waals surface area contributed by atoms with Crippen LogP contribution in [0, 0.1) is 0 Å². The Hall–Kier alpha value is -0.730. The fourth-order valence-corrected chi connectivity index (χ4v) is 4.27. The predicted octanol–water partition coefficient (Wildman–Crippen LogP) is 2.62. The van der Waals surface area contributed by atoms with Crippen LogP contribution in [0.5, 0.6) is 0 Å². The zero-order valence-corrected chi connectivity index (χ0v) is 13.3. The van der Waals surface area contributed by atoms with Crippen LogP contribution >= 0.6 is 22.7 Å². The Kier molecular flexibility index (Phi) is 4.75. The van der Waals surface area contributed by atoms with Gasteiger partial charge >= 0.3 is 0 Å². The molecule has 0 spiro atoms. The van der Waals surface area contributed by atoms with Gasteiger partial charge in [-0.2, -0.15) is 17.0 Å². The summed E-state index contributed by atoms with van der Waals surface area (Å²) < 4.78 is 27.5. The third-order valence-electron chi connectivity index (χ3n) is 2.61. The van der Waals surface area contributed by atoms with Crippen LogP contribution in [0.4, 0.5) is 0 Å². The van der Waals surface area contributed by atoms with Crippen molar-refractivity contribution in [3.8, 4) is 0 Å². The second kappa shape index (κ2) is 6.15. The first-order valence-electron chi connectivity index (χ1n) is 5.72.